The van der Waals surface area contributed by atoms with E-state index < -0.39 is 0 Å². The Kier molecular flexibility index (Phi) is 5.48. The fourth-order valence-corrected chi connectivity index (χ4v) is 4.43. The van der Waals surface area contributed by atoms with Crippen LogP contribution in [0, 0.1) is 0 Å². The highest BCUT2D eigenvalue weighted by Crippen LogP contribution is 2.30. The maximum Gasteiger partial charge on any atom is 0.257 e. The molecule has 1 N–H and O–H groups in total. The smallest absolute Gasteiger partial charge is 0.257 e. The van der Waals surface area contributed by atoms with Crippen molar-refractivity contribution in [1.82, 2.24) is 15.5 Å². The van der Waals surface area contributed by atoms with Crippen LogP contribution < -0.4 is 5.32 Å². The second-order valence-electron chi connectivity index (χ2n) is 6.35. The van der Waals surface area contributed by atoms with Crippen LogP contribution >= 0.6 is 22.7 Å². The van der Waals surface area contributed by atoms with Gasteiger partial charge in [0.15, 0.2) is 0 Å². The number of nitrogens with zero attached hydrogens (tertiary/aromatic N) is 2. The van der Waals surface area contributed by atoms with Gasteiger partial charge in [-0.1, -0.05) is 43.3 Å². The Hall–Kier alpha value is -2.28. The molecule has 138 valence electrons. The molecule has 4 aromatic rings. The fourth-order valence-electron chi connectivity index (χ4n) is 2.97. The number of rotatable bonds is 7. The van der Waals surface area contributed by atoms with Gasteiger partial charge in [-0.25, -0.2) is 0 Å². The lowest BCUT2D eigenvalue weighted by atomic mass is 10.0. The molecule has 3 aromatic heterocycles. The highest BCUT2D eigenvalue weighted by atomic mass is 32.1. The van der Waals surface area contributed by atoms with Crippen molar-refractivity contribution in [2.75, 3.05) is 0 Å². The lowest BCUT2D eigenvalue weighted by molar-refractivity contribution is 0.405. The first kappa shape index (κ1) is 18.1. The standard InChI is InChI=1S/C21H21N3OS2/c1-3-15-8-10-16(11-9-15)19(17-6-4-12-26-17)22-14(2)20-23-24-21(25-20)18-7-5-13-27-18/h4-14,19,22H,3H2,1-2H3/t14-,19+/m1/s1. The third kappa shape index (κ3) is 4.03. The van der Waals surface area contributed by atoms with Gasteiger partial charge in [0.05, 0.1) is 17.0 Å². The molecule has 0 spiro atoms. The van der Waals surface area contributed by atoms with Crippen LogP contribution in [0.25, 0.3) is 10.8 Å². The minimum atomic E-state index is -0.0656. The van der Waals surface area contributed by atoms with E-state index in [-0.39, 0.29) is 12.1 Å². The van der Waals surface area contributed by atoms with E-state index in [1.54, 1.807) is 22.7 Å². The summed E-state index contributed by atoms with van der Waals surface area (Å²) in [6.07, 6.45) is 1.04. The van der Waals surface area contributed by atoms with Crippen LogP contribution in [-0.4, -0.2) is 10.2 Å². The van der Waals surface area contributed by atoms with Gasteiger partial charge < -0.3 is 4.42 Å². The summed E-state index contributed by atoms with van der Waals surface area (Å²) in [6, 6.07) is 17.0. The predicted octanol–water partition coefficient (Wildman–Crippen LogP) is 5.86. The molecule has 0 radical (unpaired) electrons. The molecule has 0 saturated heterocycles. The number of aryl methyl sites for hydroxylation is 1. The second-order valence-corrected chi connectivity index (χ2v) is 8.28. The van der Waals surface area contributed by atoms with Crippen molar-refractivity contribution < 1.29 is 4.42 Å². The third-order valence-electron chi connectivity index (χ3n) is 4.51. The van der Waals surface area contributed by atoms with Gasteiger partial charge in [0, 0.05) is 4.88 Å². The van der Waals surface area contributed by atoms with E-state index in [4.69, 9.17) is 4.42 Å². The predicted molar refractivity (Wildman–Crippen MR) is 111 cm³/mol. The minimum Gasteiger partial charge on any atom is -0.418 e. The summed E-state index contributed by atoms with van der Waals surface area (Å²) in [5.41, 5.74) is 2.58. The maximum atomic E-state index is 5.91. The van der Waals surface area contributed by atoms with Crippen molar-refractivity contribution in [2.45, 2.75) is 32.4 Å². The number of hydrogen-bond acceptors (Lipinski definition) is 6. The average molecular weight is 396 g/mol. The number of benzene rings is 1. The number of aromatic nitrogens is 2. The SMILES string of the molecule is CCc1ccc([C@H](N[C@H](C)c2nnc(-c3cccs3)o2)c2cccs2)cc1. The van der Waals surface area contributed by atoms with Gasteiger partial charge in [0.25, 0.3) is 5.89 Å². The molecule has 1 aromatic carbocycles. The largest absolute Gasteiger partial charge is 0.418 e. The normalized spacial score (nSPS) is 13.6. The molecule has 27 heavy (non-hydrogen) atoms. The van der Waals surface area contributed by atoms with Gasteiger partial charge in [-0.15, -0.1) is 32.9 Å². The quantitative estimate of drug-likeness (QED) is 0.426. The highest BCUT2D eigenvalue weighted by molar-refractivity contribution is 7.13. The van der Waals surface area contributed by atoms with Crippen molar-refractivity contribution in [2.24, 2.45) is 0 Å². The molecule has 0 aliphatic rings. The van der Waals surface area contributed by atoms with E-state index in [0.717, 1.165) is 11.3 Å². The molecular formula is C21H21N3OS2. The molecule has 0 fully saturated rings. The van der Waals surface area contributed by atoms with Gasteiger partial charge in [-0.2, -0.15) is 0 Å². The van der Waals surface area contributed by atoms with Gasteiger partial charge >= 0.3 is 0 Å². The van der Waals surface area contributed by atoms with E-state index in [2.05, 4.69) is 71.1 Å². The average Bonchev–Trinajstić information content (AvgIpc) is 3.47. The van der Waals surface area contributed by atoms with Crippen LogP contribution in [0.15, 0.2) is 63.7 Å². The van der Waals surface area contributed by atoms with Crippen molar-refractivity contribution >= 4 is 22.7 Å². The van der Waals surface area contributed by atoms with Crippen molar-refractivity contribution in [1.29, 1.82) is 0 Å². The first-order valence-corrected chi connectivity index (χ1v) is 10.8. The van der Waals surface area contributed by atoms with E-state index in [1.807, 2.05) is 17.5 Å². The van der Waals surface area contributed by atoms with Crippen molar-refractivity contribution in [3.8, 4) is 10.8 Å². The molecular weight excluding hydrogens is 374 g/mol. The Morgan fingerprint density at radius 2 is 1.78 bits per heavy atom. The summed E-state index contributed by atoms with van der Waals surface area (Å²) in [5.74, 6) is 1.18. The first-order chi connectivity index (χ1) is 13.2. The van der Waals surface area contributed by atoms with E-state index in [0.29, 0.717) is 11.8 Å². The highest BCUT2D eigenvalue weighted by Gasteiger charge is 2.22. The van der Waals surface area contributed by atoms with E-state index in [1.165, 1.54) is 16.0 Å². The van der Waals surface area contributed by atoms with Crippen LogP contribution in [-0.2, 0) is 6.42 Å². The molecule has 4 nitrogen and oxygen atoms in total. The Balaban J connectivity index is 1.57. The molecule has 0 saturated carbocycles. The topological polar surface area (TPSA) is 51.0 Å². The summed E-state index contributed by atoms with van der Waals surface area (Å²) in [5, 5.41) is 16.2. The van der Waals surface area contributed by atoms with Gasteiger partial charge in [-0.3, -0.25) is 5.32 Å². The zero-order valence-corrected chi connectivity index (χ0v) is 16.9. The lowest BCUT2D eigenvalue weighted by Gasteiger charge is -2.21. The minimum absolute atomic E-state index is 0.0656. The monoisotopic (exact) mass is 395 g/mol. The summed E-state index contributed by atoms with van der Waals surface area (Å²) in [4.78, 5) is 2.26. The van der Waals surface area contributed by atoms with Crippen molar-refractivity contribution in [3.05, 3.63) is 81.2 Å². The molecule has 3 heterocycles. The van der Waals surface area contributed by atoms with Gasteiger partial charge in [0.2, 0.25) is 5.89 Å². The summed E-state index contributed by atoms with van der Waals surface area (Å²) in [7, 11) is 0. The summed E-state index contributed by atoms with van der Waals surface area (Å²) in [6.45, 7) is 4.24. The van der Waals surface area contributed by atoms with E-state index >= 15 is 0 Å². The molecule has 0 unspecified atom stereocenters. The number of nitrogens with one attached hydrogen (secondary N) is 1. The maximum absolute atomic E-state index is 5.91. The fraction of sp³-hybridized carbons (Fsp3) is 0.238. The zero-order chi connectivity index (χ0) is 18.6. The Morgan fingerprint density at radius 1 is 1.00 bits per heavy atom. The summed E-state index contributed by atoms with van der Waals surface area (Å²) < 4.78 is 5.91. The Morgan fingerprint density at radius 3 is 2.44 bits per heavy atom. The van der Waals surface area contributed by atoms with Crippen LogP contribution in [0.5, 0.6) is 0 Å². The molecule has 0 bridgehead atoms. The number of thiophene rings is 2. The zero-order valence-electron chi connectivity index (χ0n) is 15.3. The van der Waals surface area contributed by atoms with Gasteiger partial charge in [-0.05, 0) is 47.4 Å². The van der Waals surface area contributed by atoms with Gasteiger partial charge in [0.1, 0.15) is 0 Å². The van der Waals surface area contributed by atoms with Crippen LogP contribution in [0.4, 0.5) is 0 Å². The van der Waals surface area contributed by atoms with Crippen LogP contribution in [0.1, 0.15) is 47.8 Å². The second kappa shape index (κ2) is 8.17. The Labute approximate surface area is 166 Å². The van der Waals surface area contributed by atoms with E-state index in [9.17, 15) is 0 Å². The Bertz CT molecular complexity index is 959. The summed E-state index contributed by atoms with van der Waals surface area (Å²) >= 11 is 3.35. The number of hydrogen-bond donors (Lipinski definition) is 1. The molecule has 0 amide bonds. The molecule has 4 rings (SSSR count). The molecule has 0 aliphatic carbocycles. The van der Waals surface area contributed by atoms with Crippen molar-refractivity contribution in [3.63, 3.8) is 0 Å². The first-order valence-electron chi connectivity index (χ1n) is 9.00. The lowest BCUT2D eigenvalue weighted by Crippen LogP contribution is -2.25. The molecule has 2 atom stereocenters. The molecule has 6 heteroatoms. The van der Waals surface area contributed by atoms with Crippen LogP contribution in [0.2, 0.25) is 0 Å². The van der Waals surface area contributed by atoms with Crippen LogP contribution in [0.3, 0.4) is 0 Å². The third-order valence-corrected chi connectivity index (χ3v) is 6.30. The molecule has 0 aliphatic heterocycles.